The molecule has 38 heavy (non-hydrogen) atoms. The summed E-state index contributed by atoms with van der Waals surface area (Å²) in [7, 11) is 0. The van der Waals surface area contributed by atoms with Crippen LogP contribution in [0.25, 0.3) is 0 Å². The number of fused-ring (bicyclic) bond motifs is 1. The molecule has 2 saturated carbocycles. The number of hydrogen-bond donors (Lipinski definition) is 3. The smallest absolute Gasteiger partial charge is 0.326 e. The average Bonchev–Trinajstić information content (AvgIpc) is 2.85. The Morgan fingerprint density at radius 2 is 1.87 bits per heavy atom. The highest BCUT2D eigenvalue weighted by atomic mass is 16.5. The number of carboxylic acids is 1. The number of pyridine rings is 1. The largest absolute Gasteiger partial charge is 0.480 e. The predicted molar refractivity (Wildman–Crippen MR) is 149 cm³/mol. The van der Waals surface area contributed by atoms with Crippen LogP contribution in [0.3, 0.4) is 0 Å². The van der Waals surface area contributed by atoms with Crippen molar-refractivity contribution in [2.45, 2.75) is 102 Å². The molecule has 2 amide bonds. The fourth-order valence-corrected chi connectivity index (χ4v) is 5.58. The Labute approximate surface area is 227 Å². The van der Waals surface area contributed by atoms with E-state index in [0.717, 1.165) is 102 Å². The number of hydrogen-bond acceptors (Lipinski definition) is 6. The molecule has 0 unspecified atom stereocenters. The van der Waals surface area contributed by atoms with Gasteiger partial charge in [0.1, 0.15) is 11.9 Å². The quantitative estimate of drug-likeness (QED) is 0.277. The Balaban J connectivity index is 1.25. The molecule has 2 heterocycles. The Kier molecular flexibility index (Phi) is 11.1. The molecular weight excluding hydrogens is 482 g/mol. The van der Waals surface area contributed by atoms with Crippen LogP contribution in [0.4, 0.5) is 10.6 Å². The topological polar surface area (TPSA) is 107 Å². The number of amides is 2. The van der Waals surface area contributed by atoms with Gasteiger partial charge in [0.2, 0.25) is 0 Å². The number of carbonyl (C=O) groups is 2. The molecule has 212 valence electrons. The number of ether oxygens (including phenoxy) is 1. The highest BCUT2D eigenvalue weighted by Gasteiger charge is 2.38. The number of aryl methyl sites for hydroxylation is 2. The van der Waals surface area contributed by atoms with Crippen LogP contribution in [0, 0.1) is 0 Å². The Bertz CT molecular complexity index is 891. The van der Waals surface area contributed by atoms with Gasteiger partial charge in [0, 0.05) is 44.0 Å². The number of nitrogens with one attached hydrogen (secondary N) is 2. The lowest BCUT2D eigenvalue weighted by atomic mass is 9.85. The van der Waals surface area contributed by atoms with Gasteiger partial charge in [-0.05, 0) is 102 Å². The molecule has 9 nitrogen and oxygen atoms in total. The number of carbonyl (C=O) groups excluding carboxylic acids is 1. The summed E-state index contributed by atoms with van der Waals surface area (Å²) in [6.45, 7) is 6.50. The monoisotopic (exact) mass is 529 g/mol. The fraction of sp³-hybridized carbons (Fsp3) is 0.759. The van der Waals surface area contributed by atoms with Gasteiger partial charge in [0.15, 0.2) is 0 Å². The van der Waals surface area contributed by atoms with Gasteiger partial charge in [-0.3, -0.25) is 0 Å². The van der Waals surface area contributed by atoms with Gasteiger partial charge in [-0.15, -0.1) is 0 Å². The molecule has 1 aromatic heterocycles. The standard InChI is InChI=1S/C29H47N5O4/c1-2-38-21-20-33(18-4-3-9-23-15-14-22-8-7-17-30-27(22)31-23)19-16-26(28(35)36)32-29(37)34(24-10-5-11-24)25-12-6-13-25/h14-15,24-26H,2-13,16-21H2,1H3,(H,30,31)(H,32,37)(H,35,36)/t26-/m0/s1. The highest BCUT2D eigenvalue weighted by Crippen LogP contribution is 2.33. The third-order valence-corrected chi connectivity index (χ3v) is 8.37. The second kappa shape index (κ2) is 14.7. The summed E-state index contributed by atoms with van der Waals surface area (Å²) in [6, 6.07) is 3.83. The zero-order valence-electron chi connectivity index (χ0n) is 23.1. The van der Waals surface area contributed by atoms with Crippen molar-refractivity contribution in [3.8, 4) is 0 Å². The second-order valence-electron chi connectivity index (χ2n) is 11.0. The molecule has 3 N–H and O–H groups in total. The maximum Gasteiger partial charge on any atom is 0.326 e. The summed E-state index contributed by atoms with van der Waals surface area (Å²) >= 11 is 0. The number of nitrogens with zero attached hydrogens (tertiary/aromatic N) is 3. The molecule has 1 aromatic rings. The van der Waals surface area contributed by atoms with Crippen LogP contribution in [0.2, 0.25) is 0 Å². The molecule has 1 atom stereocenters. The van der Waals surface area contributed by atoms with Gasteiger partial charge in [0.25, 0.3) is 0 Å². The minimum atomic E-state index is -0.961. The number of rotatable bonds is 16. The van der Waals surface area contributed by atoms with Crippen molar-refractivity contribution in [3.63, 3.8) is 0 Å². The van der Waals surface area contributed by atoms with Crippen LogP contribution in [0.1, 0.15) is 82.4 Å². The van der Waals surface area contributed by atoms with E-state index >= 15 is 0 Å². The van der Waals surface area contributed by atoms with Crippen molar-refractivity contribution >= 4 is 17.8 Å². The van der Waals surface area contributed by atoms with Crippen molar-refractivity contribution in [1.29, 1.82) is 0 Å². The van der Waals surface area contributed by atoms with Crippen molar-refractivity contribution in [1.82, 2.24) is 20.1 Å². The minimum absolute atomic E-state index is 0.195. The minimum Gasteiger partial charge on any atom is -0.480 e. The second-order valence-corrected chi connectivity index (χ2v) is 11.0. The number of carboxylic acid groups (broad SMARTS) is 1. The van der Waals surface area contributed by atoms with Gasteiger partial charge in [-0.25, -0.2) is 14.6 Å². The first-order valence-electron chi connectivity index (χ1n) is 14.9. The van der Waals surface area contributed by atoms with Crippen molar-refractivity contribution in [2.24, 2.45) is 0 Å². The molecule has 0 radical (unpaired) electrons. The van der Waals surface area contributed by atoms with Gasteiger partial charge < -0.3 is 30.3 Å². The molecule has 0 spiro atoms. The number of anilines is 1. The summed E-state index contributed by atoms with van der Waals surface area (Å²) in [6.07, 6.45) is 12.0. The van der Waals surface area contributed by atoms with Crippen LogP contribution in [0.15, 0.2) is 12.1 Å². The van der Waals surface area contributed by atoms with E-state index in [4.69, 9.17) is 9.72 Å². The van der Waals surface area contributed by atoms with E-state index in [2.05, 4.69) is 27.7 Å². The van der Waals surface area contributed by atoms with Gasteiger partial charge >= 0.3 is 12.0 Å². The molecule has 2 fully saturated rings. The molecule has 0 bridgehead atoms. The van der Waals surface area contributed by atoms with Gasteiger partial charge in [-0.2, -0.15) is 0 Å². The molecule has 3 aliphatic rings. The van der Waals surface area contributed by atoms with Crippen molar-refractivity contribution in [3.05, 3.63) is 23.4 Å². The molecule has 9 heteroatoms. The average molecular weight is 530 g/mol. The molecule has 1 aliphatic heterocycles. The van der Waals surface area contributed by atoms with Crippen LogP contribution in [-0.4, -0.2) is 89.4 Å². The zero-order valence-corrected chi connectivity index (χ0v) is 23.1. The number of aliphatic carboxylic acids is 1. The Hall–Kier alpha value is -2.39. The maximum absolute atomic E-state index is 13.1. The summed E-state index contributed by atoms with van der Waals surface area (Å²) in [5.41, 5.74) is 2.43. The summed E-state index contributed by atoms with van der Waals surface area (Å²) in [4.78, 5) is 34.2. The van der Waals surface area contributed by atoms with Gasteiger partial charge in [-0.1, -0.05) is 6.07 Å². The molecular formula is C29H47N5O4. The lowest BCUT2D eigenvalue weighted by Gasteiger charge is -2.46. The van der Waals surface area contributed by atoms with Crippen LogP contribution >= 0.6 is 0 Å². The van der Waals surface area contributed by atoms with E-state index in [1.54, 1.807) is 0 Å². The summed E-state index contributed by atoms with van der Waals surface area (Å²) in [5.74, 6) is 0.0828. The third-order valence-electron chi connectivity index (χ3n) is 8.37. The third kappa shape index (κ3) is 8.06. The highest BCUT2D eigenvalue weighted by molar-refractivity contribution is 5.83. The first-order valence-corrected chi connectivity index (χ1v) is 14.9. The molecule has 0 saturated heterocycles. The van der Waals surface area contributed by atoms with Crippen molar-refractivity contribution < 1.29 is 19.4 Å². The molecule has 2 aliphatic carbocycles. The van der Waals surface area contributed by atoms with E-state index in [9.17, 15) is 14.7 Å². The van der Waals surface area contributed by atoms with E-state index in [1.807, 2.05) is 11.8 Å². The van der Waals surface area contributed by atoms with E-state index < -0.39 is 12.0 Å². The maximum atomic E-state index is 13.1. The number of unbranched alkanes of at least 4 members (excludes halogenated alkanes) is 1. The van der Waals surface area contributed by atoms with Crippen LogP contribution in [-0.2, 0) is 22.4 Å². The molecule has 4 rings (SSSR count). The van der Waals surface area contributed by atoms with E-state index in [0.29, 0.717) is 26.2 Å². The molecule has 0 aromatic carbocycles. The van der Waals surface area contributed by atoms with Crippen LogP contribution < -0.4 is 10.6 Å². The normalized spacial score (nSPS) is 18.2. The Morgan fingerprint density at radius 1 is 1.11 bits per heavy atom. The zero-order chi connectivity index (χ0) is 26.7. The van der Waals surface area contributed by atoms with E-state index in [1.165, 1.54) is 5.56 Å². The summed E-state index contributed by atoms with van der Waals surface area (Å²) in [5, 5.41) is 16.2. The first-order chi connectivity index (χ1) is 18.5. The fourth-order valence-electron chi connectivity index (χ4n) is 5.58. The predicted octanol–water partition coefficient (Wildman–Crippen LogP) is 4.06. The number of aromatic nitrogens is 1. The lowest BCUT2D eigenvalue weighted by molar-refractivity contribution is -0.139. The van der Waals surface area contributed by atoms with Crippen LogP contribution in [0.5, 0.6) is 0 Å². The SMILES string of the molecule is CCOCCN(CCCCc1ccc2c(n1)NCCC2)CC[C@H](NC(=O)N(C1CCC1)C1CCC1)C(=O)O. The Morgan fingerprint density at radius 3 is 2.53 bits per heavy atom. The van der Waals surface area contributed by atoms with E-state index in [-0.39, 0.29) is 18.1 Å². The number of urea groups is 1. The first kappa shape index (κ1) is 28.6. The summed E-state index contributed by atoms with van der Waals surface area (Å²) < 4.78 is 5.58. The lowest BCUT2D eigenvalue weighted by Crippen LogP contribution is -2.58. The van der Waals surface area contributed by atoms with Crippen molar-refractivity contribution in [2.75, 3.05) is 44.7 Å². The van der Waals surface area contributed by atoms with Gasteiger partial charge in [0.05, 0.1) is 6.61 Å².